The molecule has 0 fully saturated rings. The second-order valence-electron chi connectivity index (χ2n) is 8.19. The van der Waals surface area contributed by atoms with Gasteiger partial charge in [0.1, 0.15) is 0 Å². The minimum atomic E-state index is -0.833. The van der Waals surface area contributed by atoms with E-state index in [2.05, 4.69) is 53.7 Å². The van der Waals surface area contributed by atoms with E-state index in [1.54, 1.807) is 5.57 Å². The quantitative estimate of drug-likeness (QED) is 0.570. The molecule has 28 heavy (non-hydrogen) atoms. The lowest BCUT2D eigenvalue weighted by molar-refractivity contribution is -0.136. The number of rotatable bonds is 4. The second-order valence-corrected chi connectivity index (χ2v) is 8.19. The predicted octanol–water partition coefficient (Wildman–Crippen LogP) is 6.55. The van der Waals surface area contributed by atoms with Gasteiger partial charge in [-0.05, 0) is 56.9 Å². The minimum Gasteiger partial charge on any atom is -0.481 e. The zero-order valence-corrected chi connectivity index (χ0v) is 18.6. The molecule has 2 aliphatic rings. The average Bonchev–Trinajstić information content (AvgIpc) is 2.54. The van der Waals surface area contributed by atoms with Gasteiger partial charge in [-0.3, -0.25) is 9.59 Å². The summed E-state index contributed by atoms with van der Waals surface area (Å²) >= 11 is 0. The van der Waals surface area contributed by atoms with Crippen LogP contribution in [0.4, 0.5) is 0 Å². The van der Waals surface area contributed by atoms with Crippen LogP contribution in [0.1, 0.15) is 80.6 Å². The molecule has 0 aliphatic heterocycles. The molecular weight excluding hydrogens is 352 g/mol. The van der Waals surface area contributed by atoms with E-state index >= 15 is 0 Å². The minimum absolute atomic E-state index is 0.171. The van der Waals surface area contributed by atoms with Crippen LogP contribution in [0.5, 0.6) is 0 Å². The van der Waals surface area contributed by atoms with Gasteiger partial charge in [-0.25, -0.2) is 0 Å². The van der Waals surface area contributed by atoms with E-state index in [-0.39, 0.29) is 6.42 Å². The summed E-state index contributed by atoms with van der Waals surface area (Å²) in [5.41, 5.74) is 6.76. The van der Waals surface area contributed by atoms with E-state index in [0.717, 1.165) is 31.3 Å². The fourth-order valence-electron chi connectivity index (χ4n) is 3.18. The molecule has 0 heterocycles. The van der Waals surface area contributed by atoms with Crippen LogP contribution in [0, 0.1) is 11.8 Å². The van der Waals surface area contributed by atoms with Gasteiger partial charge in [0.05, 0.1) is 6.42 Å². The van der Waals surface area contributed by atoms with E-state index in [9.17, 15) is 4.79 Å². The summed E-state index contributed by atoms with van der Waals surface area (Å²) in [6.45, 7) is 14.1. The molecule has 0 spiro atoms. The topological polar surface area (TPSA) is 74.6 Å². The molecule has 0 aromatic rings. The number of aliphatic carboxylic acids is 2. The standard InChI is InChI=1S/C12H18O2.C10H16.C2H4O2/c1-8(2)11-5-4-9(3)6-10(11)7-12(13)14;1-8(2)10-6-4-9(3)5-7-10;1-2(3)4/h6,8H,4-5,7H2,1-3H3,(H,13,14);4,6,8H,5,7H2,1-3H3;1H3,(H,3,4). The highest BCUT2D eigenvalue weighted by atomic mass is 16.4. The summed E-state index contributed by atoms with van der Waals surface area (Å²) < 4.78 is 0. The summed E-state index contributed by atoms with van der Waals surface area (Å²) in [7, 11) is 0. The van der Waals surface area contributed by atoms with Crippen LogP contribution < -0.4 is 0 Å². The van der Waals surface area contributed by atoms with Gasteiger partial charge in [0.2, 0.25) is 0 Å². The van der Waals surface area contributed by atoms with Crippen molar-refractivity contribution in [3.8, 4) is 0 Å². The van der Waals surface area contributed by atoms with Gasteiger partial charge in [-0.15, -0.1) is 0 Å². The monoisotopic (exact) mass is 390 g/mol. The summed E-state index contributed by atoms with van der Waals surface area (Å²) in [4.78, 5) is 19.7. The molecule has 0 radical (unpaired) electrons. The highest BCUT2D eigenvalue weighted by Gasteiger charge is 2.16. The first-order chi connectivity index (χ1) is 12.9. The molecule has 0 amide bonds. The first kappa shape index (κ1) is 25.9. The molecule has 0 atom stereocenters. The first-order valence-electron chi connectivity index (χ1n) is 10.1. The van der Waals surface area contributed by atoms with Crippen molar-refractivity contribution in [3.63, 3.8) is 0 Å². The van der Waals surface area contributed by atoms with E-state index in [0.29, 0.717) is 5.92 Å². The molecule has 0 aromatic carbocycles. The van der Waals surface area contributed by atoms with Crippen LogP contribution in [0.25, 0.3) is 0 Å². The van der Waals surface area contributed by atoms with Gasteiger partial charge in [-0.2, -0.15) is 0 Å². The van der Waals surface area contributed by atoms with Crippen molar-refractivity contribution in [2.75, 3.05) is 0 Å². The Bertz CT molecular complexity index is 654. The number of hydrogen-bond acceptors (Lipinski definition) is 2. The van der Waals surface area contributed by atoms with Gasteiger partial charge < -0.3 is 10.2 Å². The van der Waals surface area contributed by atoms with Crippen molar-refractivity contribution in [3.05, 3.63) is 46.1 Å². The third-order valence-electron chi connectivity index (χ3n) is 4.79. The maximum Gasteiger partial charge on any atom is 0.307 e. The van der Waals surface area contributed by atoms with E-state index in [1.807, 2.05) is 6.08 Å². The van der Waals surface area contributed by atoms with Crippen LogP contribution in [0.2, 0.25) is 0 Å². The van der Waals surface area contributed by atoms with Gasteiger partial charge in [0.25, 0.3) is 5.97 Å². The third-order valence-corrected chi connectivity index (χ3v) is 4.79. The van der Waals surface area contributed by atoms with Gasteiger partial charge >= 0.3 is 5.97 Å². The zero-order valence-electron chi connectivity index (χ0n) is 18.6. The fraction of sp³-hybridized carbons (Fsp3) is 0.583. The summed E-state index contributed by atoms with van der Waals surface area (Å²) in [6, 6.07) is 0. The molecule has 4 heteroatoms. The molecule has 0 saturated heterocycles. The summed E-state index contributed by atoms with van der Waals surface area (Å²) in [6.07, 6.45) is 11.4. The van der Waals surface area contributed by atoms with Crippen molar-refractivity contribution < 1.29 is 19.8 Å². The lowest BCUT2D eigenvalue weighted by Gasteiger charge is -2.20. The molecule has 2 aliphatic carbocycles. The number of allylic oxidation sites excluding steroid dienone is 7. The van der Waals surface area contributed by atoms with Crippen molar-refractivity contribution >= 4 is 11.9 Å². The Morgan fingerprint density at radius 3 is 1.82 bits per heavy atom. The SMILES string of the molecule is CC(=O)O.CC1=CC(CC(=O)O)=C(C(C)C)CC1.CC1=CC=C(C(C)C)CC1. The number of hydrogen-bond donors (Lipinski definition) is 2. The number of carboxylic acids is 2. The molecule has 2 rings (SSSR count). The van der Waals surface area contributed by atoms with E-state index in [4.69, 9.17) is 15.0 Å². The molecule has 0 saturated carbocycles. The fourth-order valence-corrected chi connectivity index (χ4v) is 3.18. The molecule has 4 nitrogen and oxygen atoms in total. The highest BCUT2D eigenvalue weighted by Crippen LogP contribution is 2.30. The maximum absolute atomic E-state index is 10.7. The number of carbonyl (C=O) groups is 2. The molecule has 2 N–H and O–H groups in total. The Morgan fingerprint density at radius 1 is 0.893 bits per heavy atom. The second kappa shape index (κ2) is 13.1. The Kier molecular flexibility index (Phi) is 12.2. The molecular formula is C24H38O4. The molecule has 0 bridgehead atoms. The van der Waals surface area contributed by atoms with Crippen molar-refractivity contribution in [2.24, 2.45) is 11.8 Å². The predicted molar refractivity (Wildman–Crippen MR) is 116 cm³/mol. The molecule has 0 unspecified atom stereocenters. The van der Waals surface area contributed by atoms with Gasteiger partial charge in [0.15, 0.2) is 0 Å². The van der Waals surface area contributed by atoms with Crippen LogP contribution in [0.15, 0.2) is 46.1 Å². The van der Waals surface area contributed by atoms with Crippen LogP contribution in [0.3, 0.4) is 0 Å². The third kappa shape index (κ3) is 11.6. The zero-order chi connectivity index (χ0) is 21.9. The van der Waals surface area contributed by atoms with Crippen LogP contribution in [-0.2, 0) is 9.59 Å². The van der Waals surface area contributed by atoms with E-state index < -0.39 is 11.9 Å². The normalized spacial score (nSPS) is 16.2. The number of carboxylic acid groups (broad SMARTS) is 2. The van der Waals surface area contributed by atoms with Gasteiger partial charge in [0, 0.05) is 6.92 Å². The van der Waals surface area contributed by atoms with Crippen LogP contribution >= 0.6 is 0 Å². The van der Waals surface area contributed by atoms with Crippen molar-refractivity contribution in [1.29, 1.82) is 0 Å². The lowest BCUT2D eigenvalue weighted by Crippen LogP contribution is -2.07. The van der Waals surface area contributed by atoms with Crippen molar-refractivity contribution in [1.82, 2.24) is 0 Å². The molecule has 0 aromatic heterocycles. The van der Waals surface area contributed by atoms with Crippen LogP contribution in [-0.4, -0.2) is 22.2 Å². The Hall–Kier alpha value is -2.10. The summed E-state index contributed by atoms with van der Waals surface area (Å²) in [5.74, 6) is -0.359. The largest absolute Gasteiger partial charge is 0.481 e. The lowest BCUT2D eigenvalue weighted by atomic mass is 9.85. The molecule has 158 valence electrons. The van der Waals surface area contributed by atoms with E-state index in [1.165, 1.54) is 29.6 Å². The Morgan fingerprint density at radius 2 is 1.43 bits per heavy atom. The maximum atomic E-state index is 10.7. The summed E-state index contributed by atoms with van der Waals surface area (Å²) in [5, 5.41) is 16.2. The highest BCUT2D eigenvalue weighted by molar-refractivity contribution is 5.71. The van der Waals surface area contributed by atoms with Crippen molar-refractivity contribution in [2.45, 2.75) is 80.6 Å². The first-order valence-corrected chi connectivity index (χ1v) is 10.1. The Labute approximate surface area is 170 Å². The van der Waals surface area contributed by atoms with Gasteiger partial charge in [-0.1, -0.05) is 68.2 Å². The Balaban J connectivity index is 0.000000454. The smallest absolute Gasteiger partial charge is 0.307 e. The average molecular weight is 391 g/mol.